The predicted molar refractivity (Wildman–Crippen MR) is 91.9 cm³/mol. The number of carboxylic acid groups (broad SMARTS) is 1. The Balaban J connectivity index is 1.61. The van der Waals surface area contributed by atoms with Crippen LogP contribution in [0.25, 0.3) is 11.3 Å². The summed E-state index contributed by atoms with van der Waals surface area (Å²) in [5.41, 5.74) is 0.922. The predicted octanol–water partition coefficient (Wildman–Crippen LogP) is 2.91. The first-order valence-corrected chi connectivity index (χ1v) is 8.42. The number of nitrogens with zero attached hydrogens (tertiary/aromatic N) is 2. The number of amides is 1. The summed E-state index contributed by atoms with van der Waals surface area (Å²) in [6.45, 7) is 4.32. The molecule has 1 aromatic heterocycles. The molecule has 2 aromatic rings. The lowest BCUT2D eigenvalue weighted by Gasteiger charge is -2.19. The van der Waals surface area contributed by atoms with Crippen LogP contribution in [0.4, 0.5) is 0 Å². The minimum Gasteiger partial charge on any atom is -0.481 e. The molecule has 0 aliphatic carbocycles. The molecule has 132 valence electrons. The van der Waals surface area contributed by atoms with Crippen molar-refractivity contribution < 1.29 is 19.1 Å². The summed E-state index contributed by atoms with van der Waals surface area (Å²) < 4.78 is 5.82. The van der Waals surface area contributed by atoms with Crippen molar-refractivity contribution >= 4 is 11.9 Å². The van der Waals surface area contributed by atoms with E-state index in [4.69, 9.17) is 4.42 Å². The van der Waals surface area contributed by atoms with Gasteiger partial charge in [-0.2, -0.15) is 0 Å². The van der Waals surface area contributed by atoms with E-state index in [1.54, 1.807) is 11.8 Å². The van der Waals surface area contributed by atoms with Crippen molar-refractivity contribution in [2.75, 3.05) is 13.1 Å². The van der Waals surface area contributed by atoms with Gasteiger partial charge in [-0.3, -0.25) is 9.59 Å². The third-order valence-corrected chi connectivity index (χ3v) is 4.77. The largest absolute Gasteiger partial charge is 0.481 e. The summed E-state index contributed by atoms with van der Waals surface area (Å²) in [5, 5.41) is 9.26. The van der Waals surface area contributed by atoms with Gasteiger partial charge >= 0.3 is 5.97 Å². The average molecular weight is 342 g/mol. The van der Waals surface area contributed by atoms with Gasteiger partial charge < -0.3 is 14.4 Å². The van der Waals surface area contributed by atoms with E-state index in [1.165, 1.54) is 0 Å². The number of hydrogen-bond acceptors (Lipinski definition) is 4. The molecule has 1 N–H and O–H groups in total. The molecule has 1 aliphatic heterocycles. The summed E-state index contributed by atoms with van der Waals surface area (Å²) >= 11 is 0. The monoisotopic (exact) mass is 342 g/mol. The number of oxazole rings is 1. The number of carbonyl (C=O) groups is 2. The first-order valence-electron chi connectivity index (χ1n) is 8.42. The van der Waals surface area contributed by atoms with Gasteiger partial charge in [-0.15, -0.1) is 0 Å². The average Bonchev–Trinajstić information content (AvgIpc) is 3.18. The molecule has 1 aromatic carbocycles. The van der Waals surface area contributed by atoms with Crippen LogP contribution >= 0.6 is 0 Å². The topological polar surface area (TPSA) is 83.6 Å². The van der Waals surface area contributed by atoms with Crippen LogP contribution < -0.4 is 0 Å². The summed E-state index contributed by atoms with van der Waals surface area (Å²) in [4.78, 5) is 29.7. The number of rotatable bonds is 5. The number of aromatic nitrogens is 1. The second kappa shape index (κ2) is 6.70. The molecule has 0 saturated carbocycles. The van der Waals surface area contributed by atoms with Gasteiger partial charge in [0.2, 0.25) is 5.91 Å². The van der Waals surface area contributed by atoms with Gasteiger partial charge in [0.25, 0.3) is 0 Å². The molecule has 0 unspecified atom stereocenters. The highest BCUT2D eigenvalue weighted by Crippen LogP contribution is 2.31. The van der Waals surface area contributed by atoms with E-state index in [9.17, 15) is 14.7 Å². The van der Waals surface area contributed by atoms with Gasteiger partial charge in [0, 0.05) is 31.5 Å². The third-order valence-electron chi connectivity index (χ3n) is 4.77. The first-order chi connectivity index (χ1) is 11.9. The summed E-state index contributed by atoms with van der Waals surface area (Å²) in [7, 11) is 0. The number of benzene rings is 1. The molecule has 6 heteroatoms. The van der Waals surface area contributed by atoms with Crippen molar-refractivity contribution in [1.29, 1.82) is 0 Å². The Morgan fingerprint density at radius 1 is 1.32 bits per heavy atom. The van der Waals surface area contributed by atoms with Gasteiger partial charge in [-0.05, 0) is 20.3 Å². The molecule has 1 saturated heterocycles. The second-order valence-corrected chi connectivity index (χ2v) is 6.82. The van der Waals surface area contributed by atoms with E-state index >= 15 is 0 Å². The molecule has 1 atom stereocenters. The van der Waals surface area contributed by atoms with Crippen molar-refractivity contribution in [3.05, 3.63) is 41.9 Å². The minimum atomic E-state index is -0.848. The van der Waals surface area contributed by atoms with Gasteiger partial charge in [0.15, 0.2) is 11.7 Å². The van der Waals surface area contributed by atoms with Gasteiger partial charge in [-0.25, -0.2) is 4.98 Å². The highest BCUT2D eigenvalue weighted by molar-refractivity contribution is 5.80. The van der Waals surface area contributed by atoms with E-state index in [0.717, 1.165) is 17.0 Å². The molecular weight excluding hydrogens is 320 g/mol. The van der Waals surface area contributed by atoms with Crippen molar-refractivity contribution in [3.8, 4) is 11.3 Å². The molecule has 3 rings (SSSR count). The third kappa shape index (κ3) is 3.57. The van der Waals surface area contributed by atoms with Crippen molar-refractivity contribution in [2.24, 2.45) is 5.41 Å². The standard InChI is InChI=1S/C19H22N2O4/c1-13-17(14-6-4-3-5-7-14)25-15(20-13)8-9-16(22)21-11-10-19(2,12-21)18(23)24/h3-7H,8-12H2,1-2H3,(H,23,24)/t19-/m1/s1. The van der Waals surface area contributed by atoms with Crippen LogP contribution in [-0.2, 0) is 16.0 Å². The lowest BCUT2D eigenvalue weighted by atomic mass is 9.90. The smallest absolute Gasteiger partial charge is 0.311 e. The van der Waals surface area contributed by atoms with Crippen LogP contribution in [-0.4, -0.2) is 40.0 Å². The fraction of sp³-hybridized carbons (Fsp3) is 0.421. The zero-order valence-electron chi connectivity index (χ0n) is 14.5. The van der Waals surface area contributed by atoms with Gasteiger partial charge in [-0.1, -0.05) is 30.3 Å². The fourth-order valence-corrected chi connectivity index (χ4v) is 3.14. The lowest BCUT2D eigenvalue weighted by molar-refractivity contribution is -0.147. The van der Waals surface area contributed by atoms with Crippen LogP contribution in [0.5, 0.6) is 0 Å². The molecule has 1 aliphatic rings. The molecule has 1 fully saturated rings. The number of carbonyl (C=O) groups excluding carboxylic acids is 1. The maximum absolute atomic E-state index is 12.4. The van der Waals surface area contributed by atoms with Crippen molar-refractivity contribution in [1.82, 2.24) is 9.88 Å². The van der Waals surface area contributed by atoms with E-state index in [-0.39, 0.29) is 18.9 Å². The van der Waals surface area contributed by atoms with Crippen LogP contribution in [0, 0.1) is 12.3 Å². The van der Waals surface area contributed by atoms with E-state index in [2.05, 4.69) is 4.98 Å². The SMILES string of the molecule is Cc1nc(CCC(=O)N2CC[C@@](C)(C(=O)O)C2)oc1-c1ccccc1. The zero-order chi connectivity index (χ0) is 18.0. The quantitative estimate of drug-likeness (QED) is 0.903. The maximum atomic E-state index is 12.4. The Morgan fingerprint density at radius 3 is 2.68 bits per heavy atom. The Hall–Kier alpha value is -2.63. The Morgan fingerprint density at radius 2 is 2.04 bits per heavy atom. The molecule has 0 spiro atoms. The van der Waals surface area contributed by atoms with Gasteiger partial charge in [0.05, 0.1) is 11.1 Å². The minimum absolute atomic E-state index is 0.0536. The number of likely N-dealkylation sites (tertiary alicyclic amines) is 1. The number of aliphatic carboxylic acids is 1. The molecule has 0 bridgehead atoms. The van der Waals surface area contributed by atoms with Crippen LogP contribution in [0.2, 0.25) is 0 Å². The fourth-order valence-electron chi connectivity index (χ4n) is 3.14. The summed E-state index contributed by atoms with van der Waals surface area (Å²) in [6, 6.07) is 9.73. The van der Waals surface area contributed by atoms with Crippen LogP contribution in [0.15, 0.2) is 34.7 Å². The highest BCUT2D eigenvalue weighted by atomic mass is 16.4. The van der Waals surface area contributed by atoms with Gasteiger partial charge in [0.1, 0.15) is 0 Å². The van der Waals surface area contributed by atoms with E-state index < -0.39 is 11.4 Å². The van der Waals surface area contributed by atoms with E-state index in [1.807, 2.05) is 37.3 Å². The van der Waals surface area contributed by atoms with Crippen LogP contribution in [0.3, 0.4) is 0 Å². The lowest BCUT2D eigenvalue weighted by Crippen LogP contribution is -2.34. The molecular formula is C19H22N2O4. The Bertz CT molecular complexity index is 784. The second-order valence-electron chi connectivity index (χ2n) is 6.82. The number of hydrogen-bond donors (Lipinski definition) is 1. The van der Waals surface area contributed by atoms with Crippen LogP contribution in [0.1, 0.15) is 31.4 Å². The summed E-state index contributed by atoms with van der Waals surface area (Å²) in [6.07, 6.45) is 1.17. The van der Waals surface area contributed by atoms with Crippen molar-refractivity contribution in [2.45, 2.75) is 33.1 Å². The molecule has 1 amide bonds. The van der Waals surface area contributed by atoms with E-state index in [0.29, 0.717) is 25.3 Å². The molecule has 2 heterocycles. The zero-order valence-corrected chi connectivity index (χ0v) is 14.5. The molecule has 25 heavy (non-hydrogen) atoms. The number of aryl methyl sites for hydroxylation is 2. The maximum Gasteiger partial charge on any atom is 0.311 e. The highest BCUT2D eigenvalue weighted by Gasteiger charge is 2.41. The number of carboxylic acids is 1. The summed E-state index contributed by atoms with van der Waals surface area (Å²) in [5.74, 6) is 0.355. The Kier molecular flexibility index (Phi) is 4.61. The molecule has 0 radical (unpaired) electrons. The van der Waals surface area contributed by atoms with Crippen molar-refractivity contribution in [3.63, 3.8) is 0 Å². The first kappa shape index (κ1) is 17.2. The molecule has 6 nitrogen and oxygen atoms in total. The normalized spacial score (nSPS) is 20.0. The Labute approximate surface area is 146 Å².